The van der Waals surface area contributed by atoms with Crippen LogP contribution in [0.25, 0.3) is 0 Å². The number of methoxy groups -OCH3 is 1. The van der Waals surface area contributed by atoms with Crippen LogP contribution in [-0.4, -0.2) is 13.3 Å². The van der Waals surface area contributed by atoms with E-state index in [1.54, 1.807) is 0 Å². The van der Waals surface area contributed by atoms with E-state index in [1.165, 1.54) is 31.4 Å². The first-order chi connectivity index (χ1) is 6.99. The maximum Gasteiger partial charge on any atom is 0.442 e. The molecular weight excluding hydrogens is 209 g/mol. The third-order valence-electron chi connectivity index (χ3n) is 2.19. The summed E-state index contributed by atoms with van der Waals surface area (Å²) in [5.41, 5.74) is -2.32. The van der Waals surface area contributed by atoms with Gasteiger partial charge in [-0.2, -0.15) is 13.2 Å². The van der Waals surface area contributed by atoms with Gasteiger partial charge in [0.15, 0.2) is 0 Å². The van der Waals surface area contributed by atoms with Crippen molar-refractivity contribution in [1.82, 2.24) is 0 Å². The fraction of sp³-hybridized carbons (Fsp3) is 0.333. The summed E-state index contributed by atoms with van der Waals surface area (Å²) in [4.78, 5) is 0. The van der Waals surface area contributed by atoms with Gasteiger partial charge in [0, 0.05) is 5.56 Å². The van der Waals surface area contributed by atoms with E-state index in [1.807, 2.05) is 0 Å². The number of halogens is 3. The summed E-state index contributed by atoms with van der Waals surface area (Å²) in [5.74, 6) is 0.497. The summed E-state index contributed by atoms with van der Waals surface area (Å²) in [6.07, 6.45) is -4.47. The number of rotatable bonds is 2. The fourth-order valence-corrected chi connectivity index (χ4v) is 1.27. The molecule has 0 fully saturated rings. The number of hydrogen-bond acceptors (Lipinski definition) is 3. The van der Waals surface area contributed by atoms with Gasteiger partial charge < -0.3 is 4.74 Å². The minimum absolute atomic E-state index is 0.0100. The molecule has 1 heterocycles. The predicted octanol–water partition coefficient (Wildman–Crippen LogP) is 2.88. The highest BCUT2D eigenvalue weighted by Gasteiger charge is 2.65. The molecule has 0 atom stereocenters. The van der Waals surface area contributed by atoms with E-state index < -0.39 is 11.8 Å². The molecule has 0 unspecified atom stereocenters. The molecule has 0 radical (unpaired) electrons. The topological polar surface area (TPSA) is 34.0 Å². The van der Waals surface area contributed by atoms with Gasteiger partial charge in [-0.3, -0.25) is 0 Å². The van der Waals surface area contributed by atoms with Gasteiger partial charge in [0.1, 0.15) is 5.75 Å². The Kier molecular flexibility index (Phi) is 1.95. The highest BCUT2D eigenvalue weighted by atomic mass is 19.4. The molecule has 0 aliphatic carbocycles. The van der Waals surface area contributed by atoms with Crippen molar-refractivity contribution in [3.63, 3.8) is 0 Å². The quantitative estimate of drug-likeness (QED) is 0.748. The lowest BCUT2D eigenvalue weighted by atomic mass is 10.0. The van der Waals surface area contributed by atoms with E-state index in [4.69, 9.17) is 4.74 Å². The van der Waals surface area contributed by atoms with Gasteiger partial charge in [0.2, 0.25) is 0 Å². The molecule has 0 bridgehead atoms. The van der Waals surface area contributed by atoms with Crippen molar-refractivity contribution in [2.45, 2.75) is 11.8 Å². The molecule has 0 aromatic heterocycles. The number of alkyl halides is 3. The summed E-state index contributed by atoms with van der Waals surface area (Å²) >= 11 is 0. The second-order valence-electron chi connectivity index (χ2n) is 3.10. The zero-order chi connectivity index (χ0) is 11.1. The average Bonchev–Trinajstić information content (AvgIpc) is 2.98. The zero-order valence-electron chi connectivity index (χ0n) is 7.75. The van der Waals surface area contributed by atoms with Gasteiger partial charge >= 0.3 is 11.8 Å². The van der Waals surface area contributed by atoms with Crippen LogP contribution in [0.1, 0.15) is 5.56 Å². The third kappa shape index (κ3) is 1.45. The molecule has 1 aromatic rings. The molecule has 2 rings (SSSR count). The lowest BCUT2D eigenvalue weighted by molar-refractivity contribution is -0.166. The van der Waals surface area contributed by atoms with Gasteiger partial charge in [-0.1, -0.05) is 12.1 Å². The molecule has 6 heteroatoms. The molecular formula is C9H7F3N2O. The molecule has 0 saturated carbocycles. The van der Waals surface area contributed by atoms with Gasteiger partial charge in [-0.15, -0.1) is 10.2 Å². The van der Waals surface area contributed by atoms with Crippen LogP contribution in [0.15, 0.2) is 34.5 Å². The Hall–Kier alpha value is -1.59. The summed E-state index contributed by atoms with van der Waals surface area (Å²) in [6.45, 7) is 0. The highest BCUT2D eigenvalue weighted by molar-refractivity contribution is 5.34. The van der Waals surface area contributed by atoms with Crippen LogP contribution in [0.5, 0.6) is 5.75 Å². The Balaban J connectivity index is 2.31. The first kappa shape index (κ1) is 9.95. The van der Waals surface area contributed by atoms with Crippen LogP contribution in [-0.2, 0) is 5.66 Å². The van der Waals surface area contributed by atoms with Crippen molar-refractivity contribution < 1.29 is 17.9 Å². The van der Waals surface area contributed by atoms with E-state index in [-0.39, 0.29) is 5.56 Å². The Morgan fingerprint density at radius 3 is 2.00 bits per heavy atom. The number of ether oxygens (including phenoxy) is 1. The fourth-order valence-electron chi connectivity index (χ4n) is 1.27. The van der Waals surface area contributed by atoms with Crippen LogP contribution in [0.2, 0.25) is 0 Å². The van der Waals surface area contributed by atoms with Crippen LogP contribution < -0.4 is 4.74 Å². The highest BCUT2D eigenvalue weighted by Crippen LogP contribution is 2.52. The SMILES string of the molecule is COc1ccc(C2(C(F)(F)F)N=N2)cc1. The Morgan fingerprint density at radius 1 is 1.13 bits per heavy atom. The lowest BCUT2D eigenvalue weighted by Crippen LogP contribution is -2.29. The maximum absolute atomic E-state index is 12.5. The van der Waals surface area contributed by atoms with Gasteiger partial charge in [-0.25, -0.2) is 0 Å². The van der Waals surface area contributed by atoms with Crippen LogP contribution >= 0.6 is 0 Å². The minimum Gasteiger partial charge on any atom is -0.497 e. The molecule has 1 aliphatic heterocycles. The van der Waals surface area contributed by atoms with E-state index in [0.29, 0.717) is 5.75 Å². The first-order valence-corrected chi connectivity index (χ1v) is 4.15. The predicted molar refractivity (Wildman–Crippen MR) is 45.6 cm³/mol. The van der Waals surface area contributed by atoms with E-state index in [0.717, 1.165) is 0 Å². The van der Waals surface area contributed by atoms with E-state index in [2.05, 4.69) is 10.2 Å². The number of benzene rings is 1. The number of hydrogen-bond donors (Lipinski definition) is 0. The molecule has 1 aromatic carbocycles. The molecule has 0 spiro atoms. The summed E-state index contributed by atoms with van der Waals surface area (Å²) in [6, 6.07) is 5.52. The average molecular weight is 216 g/mol. The summed E-state index contributed by atoms with van der Waals surface area (Å²) < 4.78 is 42.5. The van der Waals surface area contributed by atoms with Gasteiger partial charge in [0.05, 0.1) is 7.11 Å². The molecule has 15 heavy (non-hydrogen) atoms. The van der Waals surface area contributed by atoms with Crippen LogP contribution in [0.4, 0.5) is 13.2 Å². The smallest absolute Gasteiger partial charge is 0.442 e. The van der Waals surface area contributed by atoms with Crippen molar-refractivity contribution in [3.05, 3.63) is 29.8 Å². The Labute approximate surface area is 83.6 Å². The minimum atomic E-state index is -4.47. The normalized spacial score (nSPS) is 17.6. The van der Waals surface area contributed by atoms with Gasteiger partial charge in [0.25, 0.3) is 0 Å². The first-order valence-electron chi connectivity index (χ1n) is 4.15. The van der Waals surface area contributed by atoms with Crippen molar-refractivity contribution >= 4 is 0 Å². The second-order valence-corrected chi connectivity index (χ2v) is 3.10. The van der Waals surface area contributed by atoms with E-state index in [9.17, 15) is 13.2 Å². The Morgan fingerprint density at radius 2 is 1.67 bits per heavy atom. The molecule has 1 aliphatic rings. The van der Waals surface area contributed by atoms with Gasteiger partial charge in [-0.05, 0) is 12.1 Å². The lowest BCUT2D eigenvalue weighted by Gasteiger charge is -2.14. The van der Waals surface area contributed by atoms with Crippen molar-refractivity contribution in [2.75, 3.05) is 7.11 Å². The molecule has 0 N–H and O–H groups in total. The van der Waals surface area contributed by atoms with Crippen molar-refractivity contribution in [1.29, 1.82) is 0 Å². The third-order valence-corrected chi connectivity index (χ3v) is 2.19. The van der Waals surface area contributed by atoms with Crippen LogP contribution in [0, 0.1) is 0 Å². The maximum atomic E-state index is 12.5. The number of nitrogens with zero attached hydrogens (tertiary/aromatic N) is 2. The monoisotopic (exact) mass is 216 g/mol. The standard InChI is InChI=1S/C9H7F3N2O/c1-15-7-4-2-6(3-5-7)8(13-14-8)9(10,11)12/h2-5H,1H3. The van der Waals surface area contributed by atoms with Crippen LogP contribution in [0.3, 0.4) is 0 Å². The summed E-state index contributed by atoms with van der Waals surface area (Å²) in [7, 11) is 1.44. The molecule has 3 nitrogen and oxygen atoms in total. The molecule has 80 valence electrons. The van der Waals surface area contributed by atoms with Crippen molar-refractivity contribution in [2.24, 2.45) is 10.2 Å². The molecule has 0 amide bonds. The largest absolute Gasteiger partial charge is 0.497 e. The second kappa shape index (κ2) is 2.95. The zero-order valence-corrected chi connectivity index (χ0v) is 7.75. The molecule has 0 saturated heterocycles. The van der Waals surface area contributed by atoms with E-state index >= 15 is 0 Å². The summed E-state index contributed by atoms with van der Waals surface area (Å²) in [5, 5.41) is 6.18. The Bertz CT molecular complexity index is 391. The van der Waals surface area contributed by atoms with Crippen molar-refractivity contribution in [3.8, 4) is 5.75 Å².